The van der Waals surface area contributed by atoms with Crippen molar-refractivity contribution in [2.45, 2.75) is 33.2 Å². The fourth-order valence-corrected chi connectivity index (χ4v) is 3.09. The summed E-state index contributed by atoms with van der Waals surface area (Å²) in [7, 11) is 0. The molecule has 1 atom stereocenters. The van der Waals surface area contributed by atoms with Crippen LogP contribution in [0.15, 0.2) is 42.5 Å². The van der Waals surface area contributed by atoms with Crippen LogP contribution < -0.4 is 10.2 Å². The molecule has 22 heavy (non-hydrogen) atoms. The summed E-state index contributed by atoms with van der Waals surface area (Å²) in [5.41, 5.74) is 5.97. The first-order chi connectivity index (χ1) is 10.5. The van der Waals surface area contributed by atoms with Crippen LogP contribution in [0.2, 0.25) is 0 Å². The SMILES string of the molecule is CC(=O)N1CCc2cc(N[C@@H](C)c3cccc(C)c3)ccc21. The predicted octanol–water partition coefficient (Wildman–Crippen LogP) is 4.08. The minimum atomic E-state index is 0.118. The molecule has 114 valence electrons. The molecule has 2 aromatic carbocycles. The summed E-state index contributed by atoms with van der Waals surface area (Å²) in [5, 5.41) is 3.56. The third-order valence-electron chi connectivity index (χ3n) is 4.28. The van der Waals surface area contributed by atoms with Crippen LogP contribution in [0.4, 0.5) is 11.4 Å². The molecule has 0 saturated carbocycles. The summed E-state index contributed by atoms with van der Waals surface area (Å²) in [6, 6.07) is 15.1. The molecule has 1 aliphatic rings. The monoisotopic (exact) mass is 294 g/mol. The van der Waals surface area contributed by atoms with Crippen LogP contribution in [0.25, 0.3) is 0 Å². The Kier molecular flexibility index (Phi) is 3.88. The van der Waals surface area contributed by atoms with Crippen LogP contribution in [0, 0.1) is 6.92 Å². The molecular weight excluding hydrogens is 272 g/mol. The zero-order valence-electron chi connectivity index (χ0n) is 13.4. The van der Waals surface area contributed by atoms with Crippen LogP contribution in [0.3, 0.4) is 0 Å². The summed E-state index contributed by atoms with van der Waals surface area (Å²) < 4.78 is 0. The van der Waals surface area contributed by atoms with Gasteiger partial charge in [-0.2, -0.15) is 0 Å². The molecule has 1 N–H and O–H groups in total. The molecule has 0 saturated heterocycles. The van der Waals surface area contributed by atoms with Crippen molar-refractivity contribution >= 4 is 17.3 Å². The third kappa shape index (κ3) is 2.84. The van der Waals surface area contributed by atoms with Crippen molar-refractivity contribution in [1.82, 2.24) is 0 Å². The molecular formula is C19H22N2O. The number of hydrogen-bond acceptors (Lipinski definition) is 2. The second-order valence-corrected chi connectivity index (χ2v) is 6.04. The van der Waals surface area contributed by atoms with Crippen LogP contribution in [-0.4, -0.2) is 12.5 Å². The van der Waals surface area contributed by atoms with Gasteiger partial charge in [0.2, 0.25) is 5.91 Å². The fraction of sp³-hybridized carbons (Fsp3) is 0.316. The van der Waals surface area contributed by atoms with E-state index in [1.54, 1.807) is 6.92 Å². The number of fused-ring (bicyclic) bond motifs is 1. The highest BCUT2D eigenvalue weighted by molar-refractivity contribution is 5.94. The van der Waals surface area contributed by atoms with Crippen molar-refractivity contribution in [2.75, 3.05) is 16.8 Å². The number of anilines is 2. The van der Waals surface area contributed by atoms with Crippen LogP contribution in [0.1, 0.15) is 36.6 Å². The van der Waals surface area contributed by atoms with E-state index in [0.717, 1.165) is 24.3 Å². The number of benzene rings is 2. The molecule has 0 unspecified atom stereocenters. The quantitative estimate of drug-likeness (QED) is 0.925. The van der Waals surface area contributed by atoms with Crippen LogP contribution in [-0.2, 0) is 11.2 Å². The maximum Gasteiger partial charge on any atom is 0.223 e. The molecule has 2 aromatic rings. The van der Waals surface area contributed by atoms with Crippen molar-refractivity contribution in [1.29, 1.82) is 0 Å². The Morgan fingerprint density at radius 2 is 2.05 bits per heavy atom. The van der Waals surface area contributed by atoms with E-state index in [2.05, 4.69) is 61.6 Å². The Morgan fingerprint density at radius 1 is 1.23 bits per heavy atom. The summed E-state index contributed by atoms with van der Waals surface area (Å²) in [6.45, 7) is 6.70. The zero-order valence-corrected chi connectivity index (χ0v) is 13.4. The van der Waals surface area contributed by atoms with Crippen LogP contribution in [0.5, 0.6) is 0 Å². The van der Waals surface area contributed by atoms with Crippen molar-refractivity contribution in [2.24, 2.45) is 0 Å². The molecule has 1 heterocycles. The van der Waals surface area contributed by atoms with Gasteiger partial charge in [0.1, 0.15) is 0 Å². The lowest BCUT2D eigenvalue weighted by Crippen LogP contribution is -2.25. The van der Waals surface area contributed by atoms with Gasteiger partial charge in [0.05, 0.1) is 0 Å². The normalized spacial score (nSPS) is 14.6. The number of carbonyl (C=O) groups excluding carboxylic acids is 1. The molecule has 0 fully saturated rings. The van der Waals surface area contributed by atoms with Gasteiger partial charge in [-0.3, -0.25) is 4.79 Å². The Bertz CT molecular complexity index is 708. The minimum absolute atomic E-state index is 0.118. The maximum atomic E-state index is 11.6. The Balaban J connectivity index is 1.78. The van der Waals surface area contributed by atoms with E-state index in [4.69, 9.17) is 0 Å². The van der Waals surface area contributed by atoms with E-state index >= 15 is 0 Å². The summed E-state index contributed by atoms with van der Waals surface area (Å²) in [6.07, 6.45) is 0.934. The zero-order chi connectivity index (χ0) is 15.7. The second kappa shape index (κ2) is 5.84. The lowest BCUT2D eigenvalue weighted by Gasteiger charge is -2.18. The van der Waals surface area contributed by atoms with Crippen molar-refractivity contribution in [3.8, 4) is 0 Å². The average Bonchev–Trinajstić information content (AvgIpc) is 2.90. The van der Waals surface area contributed by atoms with Crippen molar-refractivity contribution in [3.63, 3.8) is 0 Å². The van der Waals surface area contributed by atoms with E-state index in [1.807, 2.05) is 4.90 Å². The maximum absolute atomic E-state index is 11.6. The highest BCUT2D eigenvalue weighted by atomic mass is 16.2. The molecule has 3 rings (SSSR count). The van der Waals surface area contributed by atoms with Gasteiger partial charge in [-0.05, 0) is 49.6 Å². The van der Waals surface area contributed by atoms with E-state index in [1.165, 1.54) is 16.7 Å². The highest BCUT2D eigenvalue weighted by Crippen LogP contribution is 2.31. The van der Waals surface area contributed by atoms with E-state index in [-0.39, 0.29) is 11.9 Å². The first-order valence-corrected chi connectivity index (χ1v) is 7.79. The number of nitrogens with one attached hydrogen (secondary N) is 1. The molecule has 3 heteroatoms. The van der Waals surface area contributed by atoms with E-state index < -0.39 is 0 Å². The van der Waals surface area contributed by atoms with Gasteiger partial charge in [0, 0.05) is 30.9 Å². The minimum Gasteiger partial charge on any atom is -0.379 e. The number of carbonyl (C=O) groups is 1. The lowest BCUT2D eigenvalue weighted by atomic mass is 10.0. The molecule has 1 amide bonds. The first kappa shape index (κ1) is 14.6. The number of aryl methyl sites for hydroxylation is 1. The number of amides is 1. The van der Waals surface area contributed by atoms with Gasteiger partial charge in [-0.1, -0.05) is 29.8 Å². The standard InChI is InChI=1S/C19H22N2O/c1-13-5-4-6-16(11-13)14(2)20-18-7-8-19-17(12-18)9-10-21(19)15(3)22/h4-8,11-12,14,20H,9-10H2,1-3H3/t14-/m0/s1. The molecule has 0 spiro atoms. The largest absolute Gasteiger partial charge is 0.379 e. The van der Waals surface area contributed by atoms with Crippen molar-refractivity contribution in [3.05, 3.63) is 59.2 Å². The van der Waals surface area contributed by atoms with Gasteiger partial charge < -0.3 is 10.2 Å². The Morgan fingerprint density at radius 3 is 2.77 bits per heavy atom. The van der Waals surface area contributed by atoms with Gasteiger partial charge in [0.25, 0.3) is 0 Å². The average molecular weight is 294 g/mol. The predicted molar refractivity (Wildman–Crippen MR) is 91.4 cm³/mol. The topological polar surface area (TPSA) is 32.3 Å². The highest BCUT2D eigenvalue weighted by Gasteiger charge is 2.22. The summed E-state index contributed by atoms with van der Waals surface area (Å²) in [4.78, 5) is 13.4. The Labute approximate surface area is 132 Å². The molecule has 1 aliphatic heterocycles. The molecule has 3 nitrogen and oxygen atoms in total. The summed E-state index contributed by atoms with van der Waals surface area (Å²) >= 11 is 0. The number of nitrogens with zero attached hydrogens (tertiary/aromatic N) is 1. The smallest absolute Gasteiger partial charge is 0.223 e. The van der Waals surface area contributed by atoms with E-state index in [0.29, 0.717) is 0 Å². The lowest BCUT2D eigenvalue weighted by molar-refractivity contribution is -0.116. The third-order valence-corrected chi connectivity index (χ3v) is 4.28. The van der Waals surface area contributed by atoms with Gasteiger partial charge in [-0.25, -0.2) is 0 Å². The number of hydrogen-bond donors (Lipinski definition) is 1. The molecule has 0 bridgehead atoms. The fourth-order valence-electron chi connectivity index (χ4n) is 3.09. The van der Waals surface area contributed by atoms with Crippen molar-refractivity contribution < 1.29 is 4.79 Å². The first-order valence-electron chi connectivity index (χ1n) is 7.79. The second-order valence-electron chi connectivity index (χ2n) is 6.04. The molecule has 0 aromatic heterocycles. The number of rotatable bonds is 3. The van der Waals surface area contributed by atoms with Gasteiger partial charge in [0.15, 0.2) is 0 Å². The van der Waals surface area contributed by atoms with Crippen LogP contribution >= 0.6 is 0 Å². The molecule has 0 aliphatic carbocycles. The Hall–Kier alpha value is -2.29. The van der Waals surface area contributed by atoms with Gasteiger partial charge >= 0.3 is 0 Å². The van der Waals surface area contributed by atoms with E-state index in [9.17, 15) is 4.79 Å². The van der Waals surface area contributed by atoms with Gasteiger partial charge in [-0.15, -0.1) is 0 Å². The molecule has 0 radical (unpaired) electrons. The summed E-state index contributed by atoms with van der Waals surface area (Å²) in [5.74, 6) is 0.118.